The maximum Gasteiger partial charge on any atom is 0.388 e. The molecule has 0 saturated heterocycles. The van der Waals surface area contributed by atoms with Crippen molar-refractivity contribution >= 4 is 9.28 Å². The molecule has 11 heavy (non-hydrogen) atoms. The van der Waals surface area contributed by atoms with E-state index in [1.54, 1.807) is 14.2 Å². The van der Waals surface area contributed by atoms with Crippen LogP contribution in [-0.2, 0) is 8.85 Å². The molecule has 3 heteroatoms. The molecule has 1 radical (unpaired) electrons. The normalized spacial score (nSPS) is 16.1. The highest BCUT2D eigenvalue weighted by molar-refractivity contribution is 6.45. The molecule has 0 unspecified atom stereocenters. The number of hydrogen-bond acceptors (Lipinski definition) is 2. The van der Waals surface area contributed by atoms with E-state index < -0.39 is 9.28 Å². The first-order chi connectivity index (χ1) is 5.36. The molecular formula is C8H13O2Si. The first-order valence-corrected chi connectivity index (χ1v) is 5.17. The molecule has 0 N–H and O–H groups in total. The minimum absolute atomic E-state index is 0.977. The second-order valence-corrected chi connectivity index (χ2v) is 4.33. The highest BCUT2D eigenvalue weighted by Crippen LogP contribution is 2.16. The maximum atomic E-state index is 5.17. The van der Waals surface area contributed by atoms with Gasteiger partial charge < -0.3 is 8.85 Å². The van der Waals surface area contributed by atoms with Crippen LogP contribution in [0.1, 0.15) is 6.42 Å². The summed E-state index contributed by atoms with van der Waals surface area (Å²) in [6.45, 7) is 0. The minimum Gasteiger partial charge on any atom is -0.397 e. The summed E-state index contributed by atoms with van der Waals surface area (Å²) in [4.78, 5) is 0. The first-order valence-electron chi connectivity index (χ1n) is 3.65. The van der Waals surface area contributed by atoms with E-state index in [9.17, 15) is 0 Å². The summed E-state index contributed by atoms with van der Waals surface area (Å²) >= 11 is 0. The molecule has 61 valence electrons. The predicted octanol–water partition coefficient (Wildman–Crippen LogP) is 1.65. The molecule has 0 bridgehead atoms. The van der Waals surface area contributed by atoms with Crippen LogP contribution in [0.4, 0.5) is 0 Å². The summed E-state index contributed by atoms with van der Waals surface area (Å²) in [6, 6.07) is 0.977. The van der Waals surface area contributed by atoms with Crippen molar-refractivity contribution in [1.82, 2.24) is 0 Å². The highest BCUT2D eigenvalue weighted by Gasteiger charge is 2.14. The molecule has 1 aliphatic carbocycles. The largest absolute Gasteiger partial charge is 0.397 e. The average molecular weight is 169 g/mol. The molecule has 0 aliphatic heterocycles. The molecule has 0 aromatic rings. The predicted molar refractivity (Wildman–Crippen MR) is 46.4 cm³/mol. The summed E-state index contributed by atoms with van der Waals surface area (Å²) in [7, 11) is 2.40. The molecule has 0 amide bonds. The van der Waals surface area contributed by atoms with Crippen molar-refractivity contribution in [2.75, 3.05) is 14.2 Å². The lowest BCUT2D eigenvalue weighted by molar-refractivity contribution is 0.280. The lowest BCUT2D eigenvalue weighted by atomic mass is 10.3. The fraction of sp³-hybridized carbons (Fsp3) is 0.500. The fourth-order valence-electron chi connectivity index (χ4n) is 1.04. The molecule has 0 saturated carbocycles. The summed E-state index contributed by atoms with van der Waals surface area (Å²) in [6.07, 6.45) is 7.45. The number of allylic oxidation sites excluding steroid dienone is 4. The highest BCUT2D eigenvalue weighted by atomic mass is 28.3. The van der Waals surface area contributed by atoms with Crippen LogP contribution in [0.2, 0.25) is 6.04 Å². The molecule has 0 atom stereocenters. The van der Waals surface area contributed by atoms with Crippen molar-refractivity contribution in [2.24, 2.45) is 0 Å². The van der Waals surface area contributed by atoms with Crippen molar-refractivity contribution in [3.63, 3.8) is 0 Å². The Bertz CT molecular complexity index is 171. The van der Waals surface area contributed by atoms with Gasteiger partial charge in [0, 0.05) is 20.3 Å². The van der Waals surface area contributed by atoms with E-state index in [0.29, 0.717) is 0 Å². The van der Waals surface area contributed by atoms with Crippen LogP contribution in [0.5, 0.6) is 0 Å². The second-order valence-electron chi connectivity index (χ2n) is 2.41. The molecule has 0 spiro atoms. The van der Waals surface area contributed by atoms with Gasteiger partial charge in [-0.15, -0.1) is 0 Å². The summed E-state index contributed by atoms with van der Waals surface area (Å²) in [5.74, 6) is 0. The van der Waals surface area contributed by atoms with Gasteiger partial charge in [-0.25, -0.2) is 0 Å². The van der Waals surface area contributed by atoms with Crippen LogP contribution < -0.4 is 0 Å². The fourth-order valence-corrected chi connectivity index (χ4v) is 2.12. The third kappa shape index (κ3) is 2.61. The summed E-state index contributed by atoms with van der Waals surface area (Å²) in [5.41, 5.74) is 1.42. The van der Waals surface area contributed by atoms with Gasteiger partial charge in [-0.05, 0) is 6.42 Å². The van der Waals surface area contributed by atoms with Crippen molar-refractivity contribution in [1.29, 1.82) is 0 Å². The molecular weight excluding hydrogens is 156 g/mol. The molecule has 1 aliphatic rings. The van der Waals surface area contributed by atoms with E-state index >= 15 is 0 Å². The van der Waals surface area contributed by atoms with Crippen molar-refractivity contribution in [2.45, 2.75) is 12.5 Å². The molecule has 2 nitrogen and oxygen atoms in total. The quantitative estimate of drug-likeness (QED) is 0.596. The Kier molecular flexibility index (Phi) is 3.55. The Morgan fingerprint density at radius 3 is 2.64 bits per heavy atom. The van der Waals surface area contributed by atoms with Gasteiger partial charge in [-0.1, -0.05) is 23.8 Å². The number of hydrogen-bond donors (Lipinski definition) is 0. The van der Waals surface area contributed by atoms with Crippen LogP contribution >= 0.6 is 0 Å². The third-order valence-corrected chi connectivity index (χ3v) is 3.33. The van der Waals surface area contributed by atoms with E-state index in [-0.39, 0.29) is 0 Å². The van der Waals surface area contributed by atoms with Crippen LogP contribution in [0.15, 0.2) is 23.8 Å². The smallest absolute Gasteiger partial charge is 0.388 e. The maximum absolute atomic E-state index is 5.17. The summed E-state index contributed by atoms with van der Waals surface area (Å²) in [5, 5.41) is 0. The Labute approximate surface area is 69.4 Å². The van der Waals surface area contributed by atoms with Gasteiger partial charge >= 0.3 is 9.28 Å². The molecule has 0 aromatic heterocycles. The van der Waals surface area contributed by atoms with Crippen molar-refractivity contribution < 1.29 is 8.85 Å². The molecule has 0 fully saturated rings. The van der Waals surface area contributed by atoms with Crippen LogP contribution in [0.3, 0.4) is 0 Å². The van der Waals surface area contributed by atoms with Gasteiger partial charge in [0.05, 0.1) is 0 Å². The van der Waals surface area contributed by atoms with E-state index in [1.807, 2.05) is 0 Å². The van der Waals surface area contributed by atoms with Crippen LogP contribution in [0.25, 0.3) is 0 Å². The minimum atomic E-state index is -1.01. The van der Waals surface area contributed by atoms with E-state index in [1.165, 1.54) is 5.57 Å². The Morgan fingerprint density at radius 1 is 1.45 bits per heavy atom. The van der Waals surface area contributed by atoms with Gasteiger partial charge in [-0.3, -0.25) is 0 Å². The van der Waals surface area contributed by atoms with Crippen molar-refractivity contribution in [3.05, 3.63) is 23.8 Å². The first kappa shape index (κ1) is 8.71. The average Bonchev–Trinajstić information content (AvgIpc) is 2.52. The lowest BCUT2D eigenvalue weighted by Crippen LogP contribution is -2.18. The van der Waals surface area contributed by atoms with Gasteiger partial charge in [0.2, 0.25) is 0 Å². The topological polar surface area (TPSA) is 18.5 Å². The zero-order valence-electron chi connectivity index (χ0n) is 6.96. The zero-order valence-corrected chi connectivity index (χ0v) is 7.96. The molecule has 0 aromatic carbocycles. The van der Waals surface area contributed by atoms with Crippen LogP contribution in [-0.4, -0.2) is 23.5 Å². The van der Waals surface area contributed by atoms with Crippen molar-refractivity contribution in [3.8, 4) is 0 Å². The van der Waals surface area contributed by atoms with E-state index in [0.717, 1.165) is 12.5 Å². The zero-order chi connectivity index (χ0) is 8.10. The third-order valence-electron chi connectivity index (χ3n) is 1.67. The Morgan fingerprint density at radius 2 is 2.18 bits per heavy atom. The van der Waals surface area contributed by atoms with Gasteiger partial charge in [0.15, 0.2) is 0 Å². The standard InChI is InChI=1S/C8H13O2Si/c1-9-11(10-2)7-8-5-3-4-6-8/h3-5H,6-7H2,1-2H3. The monoisotopic (exact) mass is 169 g/mol. The Balaban J connectivity index is 2.29. The number of rotatable bonds is 4. The Hall–Kier alpha value is -0.383. The van der Waals surface area contributed by atoms with E-state index in [2.05, 4.69) is 18.2 Å². The van der Waals surface area contributed by atoms with Crippen LogP contribution in [0, 0.1) is 0 Å². The van der Waals surface area contributed by atoms with Gasteiger partial charge in [0.1, 0.15) is 0 Å². The lowest BCUT2D eigenvalue weighted by Gasteiger charge is -2.08. The van der Waals surface area contributed by atoms with Gasteiger partial charge in [0.25, 0.3) is 0 Å². The SMILES string of the molecule is CO[Si](CC1=CC=CC1)OC. The van der Waals surface area contributed by atoms with Gasteiger partial charge in [-0.2, -0.15) is 0 Å². The molecule has 0 heterocycles. The summed E-state index contributed by atoms with van der Waals surface area (Å²) < 4.78 is 10.3. The molecule has 1 rings (SSSR count). The van der Waals surface area contributed by atoms with E-state index in [4.69, 9.17) is 8.85 Å². The second kappa shape index (κ2) is 4.49.